The first-order chi connectivity index (χ1) is 14.1. The Morgan fingerprint density at radius 2 is 1.76 bits per heavy atom. The lowest BCUT2D eigenvalue weighted by Crippen LogP contribution is -2.13. The molecule has 4 nitrogen and oxygen atoms in total. The zero-order valence-corrected chi connectivity index (χ0v) is 16.6. The number of hydrogen-bond acceptors (Lipinski definition) is 3. The Morgan fingerprint density at radius 3 is 2.48 bits per heavy atom. The number of anilines is 1. The summed E-state index contributed by atoms with van der Waals surface area (Å²) < 4.78 is 5.89. The first-order valence-electron chi connectivity index (χ1n) is 9.02. The molecule has 0 saturated heterocycles. The SMILES string of the molecule is Cc1ccc(NC(=O)/C(C#N)=C/c2ccccc2OCc2ccccc2Cl)cc1. The molecule has 1 N–H and O–H groups in total. The number of nitriles is 1. The number of benzene rings is 3. The Balaban J connectivity index is 1.78. The van der Waals surface area contributed by atoms with Crippen LogP contribution < -0.4 is 10.1 Å². The number of amides is 1. The van der Waals surface area contributed by atoms with Crippen LogP contribution in [-0.2, 0) is 11.4 Å². The highest BCUT2D eigenvalue weighted by molar-refractivity contribution is 6.31. The van der Waals surface area contributed by atoms with Crippen molar-refractivity contribution in [2.75, 3.05) is 5.32 Å². The van der Waals surface area contributed by atoms with Crippen molar-refractivity contribution in [3.8, 4) is 11.8 Å². The summed E-state index contributed by atoms with van der Waals surface area (Å²) in [5, 5.41) is 12.8. The molecular formula is C24H19ClN2O2. The maximum Gasteiger partial charge on any atom is 0.266 e. The normalized spacial score (nSPS) is 10.9. The van der Waals surface area contributed by atoms with E-state index in [0.29, 0.717) is 22.0 Å². The monoisotopic (exact) mass is 402 g/mol. The fraction of sp³-hybridized carbons (Fsp3) is 0.0833. The Kier molecular flexibility index (Phi) is 6.67. The largest absolute Gasteiger partial charge is 0.488 e. The van der Waals surface area contributed by atoms with Crippen LogP contribution in [0.25, 0.3) is 6.08 Å². The van der Waals surface area contributed by atoms with Crippen molar-refractivity contribution in [3.05, 3.63) is 100 Å². The van der Waals surface area contributed by atoms with Gasteiger partial charge < -0.3 is 10.1 Å². The second-order valence-corrected chi connectivity index (χ2v) is 6.82. The summed E-state index contributed by atoms with van der Waals surface area (Å²) in [6.07, 6.45) is 1.52. The van der Waals surface area contributed by atoms with Gasteiger partial charge in [-0.1, -0.05) is 65.7 Å². The fourth-order valence-electron chi connectivity index (χ4n) is 2.64. The molecule has 3 aromatic rings. The van der Waals surface area contributed by atoms with E-state index in [4.69, 9.17) is 16.3 Å². The predicted octanol–water partition coefficient (Wildman–Crippen LogP) is 5.77. The van der Waals surface area contributed by atoms with Gasteiger partial charge in [0.2, 0.25) is 0 Å². The van der Waals surface area contributed by atoms with E-state index < -0.39 is 5.91 Å². The summed E-state index contributed by atoms with van der Waals surface area (Å²) in [7, 11) is 0. The van der Waals surface area contributed by atoms with Gasteiger partial charge in [-0.3, -0.25) is 4.79 Å². The highest BCUT2D eigenvalue weighted by atomic mass is 35.5. The molecule has 0 heterocycles. The lowest BCUT2D eigenvalue weighted by molar-refractivity contribution is -0.112. The molecule has 0 fully saturated rings. The lowest BCUT2D eigenvalue weighted by Gasteiger charge is -2.11. The van der Waals surface area contributed by atoms with Crippen molar-refractivity contribution in [3.63, 3.8) is 0 Å². The Hall–Kier alpha value is -3.55. The van der Waals surface area contributed by atoms with E-state index in [2.05, 4.69) is 5.32 Å². The Morgan fingerprint density at radius 1 is 1.07 bits per heavy atom. The Bertz CT molecular complexity index is 1080. The van der Waals surface area contributed by atoms with E-state index in [1.807, 2.05) is 55.5 Å². The molecule has 0 aromatic heterocycles. The number of nitrogens with zero attached hydrogens (tertiary/aromatic N) is 1. The second-order valence-electron chi connectivity index (χ2n) is 6.41. The van der Waals surface area contributed by atoms with Crippen LogP contribution in [0.15, 0.2) is 78.4 Å². The van der Waals surface area contributed by atoms with E-state index >= 15 is 0 Å². The molecule has 0 saturated carbocycles. The number of aryl methyl sites for hydroxylation is 1. The van der Waals surface area contributed by atoms with Crippen LogP contribution in [0.3, 0.4) is 0 Å². The van der Waals surface area contributed by atoms with E-state index in [1.54, 1.807) is 30.3 Å². The molecule has 0 bridgehead atoms. The predicted molar refractivity (Wildman–Crippen MR) is 116 cm³/mol. The lowest BCUT2D eigenvalue weighted by atomic mass is 10.1. The molecule has 0 aliphatic rings. The molecule has 5 heteroatoms. The van der Waals surface area contributed by atoms with Gasteiger partial charge in [0.25, 0.3) is 5.91 Å². The highest BCUT2D eigenvalue weighted by Crippen LogP contribution is 2.24. The van der Waals surface area contributed by atoms with Crippen molar-refractivity contribution >= 4 is 29.3 Å². The molecule has 0 atom stereocenters. The van der Waals surface area contributed by atoms with Crippen LogP contribution in [0.4, 0.5) is 5.69 Å². The van der Waals surface area contributed by atoms with Gasteiger partial charge in [0.15, 0.2) is 0 Å². The minimum absolute atomic E-state index is 0.0145. The van der Waals surface area contributed by atoms with E-state index in [0.717, 1.165) is 11.1 Å². The number of rotatable bonds is 6. The maximum atomic E-state index is 12.5. The zero-order chi connectivity index (χ0) is 20.6. The van der Waals surface area contributed by atoms with E-state index in [-0.39, 0.29) is 12.2 Å². The van der Waals surface area contributed by atoms with Gasteiger partial charge in [0.05, 0.1) is 0 Å². The summed E-state index contributed by atoms with van der Waals surface area (Å²) in [6, 6.07) is 24.0. The fourth-order valence-corrected chi connectivity index (χ4v) is 2.83. The van der Waals surface area contributed by atoms with E-state index in [9.17, 15) is 10.1 Å². The molecule has 0 unspecified atom stereocenters. The molecule has 0 aliphatic heterocycles. The summed E-state index contributed by atoms with van der Waals surface area (Å²) >= 11 is 6.18. The van der Waals surface area contributed by atoms with Crippen LogP contribution in [0.2, 0.25) is 5.02 Å². The minimum atomic E-state index is -0.475. The van der Waals surface area contributed by atoms with Gasteiger partial charge in [0.1, 0.15) is 24.0 Å². The van der Waals surface area contributed by atoms with Crippen molar-refractivity contribution in [1.82, 2.24) is 0 Å². The van der Waals surface area contributed by atoms with Gasteiger partial charge >= 0.3 is 0 Å². The van der Waals surface area contributed by atoms with Gasteiger partial charge in [-0.05, 0) is 37.3 Å². The topological polar surface area (TPSA) is 62.1 Å². The van der Waals surface area contributed by atoms with Crippen molar-refractivity contribution in [1.29, 1.82) is 5.26 Å². The minimum Gasteiger partial charge on any atom is -0.488 e. The van der Waals surface area contributed by atoms with Crippen LogP contribution in [0.1, 0.15) is 16.7 Å². The van der Waals surface area contributed by atoms with Gasteiger partial charge in [-0.2, -0.15) is 5.26 Å². The molecule has 0 radical (unpaired) electrons. The highest BCUT2D eigenvalue weighted by Gasteiger charge is 2.11. The first-order valence-corrected chi connectivity index (χ1v) is 9.39. The van der Waals surface area contributed by atoms with Crippen molar-refractivity contribution in [2.45, 2.75) is 13.5 Å². The van der Waals surface area contributed by atoms with E-state index in [1.165, 1.54) is 6.08 Å². The van der Waals surface area contributed by atoms with Crippen LogP contribution in [0.5, 0.6) is 5.75 Å². The summed E-state index contributed by atoms with van der Waals surface area (Å²) in [6.45, 7) is 2.24. The second kappa shape index (κ2) is 9.59. The van der Waals surface area contributed by atoms with Gasteiger partial charge in [-0.15, -0.1) is 0 Å². The number of hydrogen-bond donors (Lipinski definition) is 1. The molecule has 1 amide bonds. The number of para-hydroxylation sites is 1. The molecule has 3 aromatic carbocycles. The molecule has 144 valence electrons. The molecular weight excluding hydrogens is 384 g/mol. The Labute approximate surface area is 175 Å². The number of ether oxygens (including phenoxy) is 1. The van der Waals surface area contributed by atoms with Gasteiger partial charge in [0, 0.05) is 21.8 Å². The summed E-state index contributed by atoms with van der Waals surface area (Å²) in [5.41, 5.74) is 3.19. The van der Waals surface area contributed by atoms with Gasteiger partial charge in [-0.25, -0.2) is 0 Å². The summed E-state index contributed by atoms with van der Waals surface area (Å²) in [4.78, 5) is 12.5. The molecule has 0 spiro atoms. The van der Waals surface area contributed by atoms with Crippen molar-refractivity contribution < 1.29 is 9.53 Å². The van der Waals surface area contributed by atoms with Crippen LogP contribution in [0, 0.1) is 18.3 Å². The van der Waals surface area contributed by atoms with Crippen LogP contribution >= 0.6 is 11.6 Å². The number of carbonyl (C=O) groups is 1. The molecule has 3 rings (SSSR count). The smallest absolute Gasteiger partial charge is 0.266 e. The average Bonchev–Trinajstić information content (AvgIpc) is 2.73. The molecule has 29 heavy (non-hydrogen) atoms. The van der Waals surface area contributed by atoms with Crippen LogP contribution in [-0.4, -0.2) is 5.91 Å². The third-order valence-corrected chi connectivity index (χ3v) is 4.60. The first kappa shape index (κ1) is 20.2. The van der Waals surface area contributed by atoms with Crippen molar-refractivity contribution in [2.24, 2.45) is 0 Å². The number of halogens is 1. The maximum absolute atomic E-state index is 12.5. The number of carbonyl (C=O) groups excluding carboxylic acids is 1. The molecule has 0 aliphatic carbocycles. The third-order valence-electron chi connectivity index (χ3n) is 4.23. The third kappa shape index (κ3) is 5.47. The standard InChI is InChI=1S/C24H19ClN2O2/c1-17-10-12-21(13-11-17)27-24(28)20(15-26)14-18-6-3-5-9-23(18)29-16-19-7-2-4-8-22(19)25/h2-14H,16H2,1H3,(H,27,28)/b20-14+. The zero-order valence-electron chi connectivity index (χ0n) is 15.9. The quantitative estimate of drug-likeness (QED) is 0.420. The summed E-state index contributed by atoms with van der Waals surface area (Å²) in [5.74, 6) is 0.0839. The average molecular weight is 403 g/mol. The number of nitrogens with one attached hydrogen (secondary N) is 1.